The zero-order chi connectivity index (χ0) is 26.4. The SMILES string of the molecule is CC(NC(=O)OCc1ccccc1)C(=O)OC[C@@H](O)[C@H]1O[C@@H]2OC(C)(C)O[C@@H]2[C@H]1OCc1ccccc1. The summed E-state index contributed by atoms with van der Waals surface area (Å²) in [7, 11) is 0. The first-order valence-corrected chi connectivity index (χ1v) is 12.2. The van der Waals surface area contributed by atoms with Gasteiger partial charge in [0.05, 0.1) is 6.61 Å². The molecule has 2 aliphatic heterocycles. The van der Waals surface area contributed by atoms with Gasteiger partial charge in [0.15, 0.2) is 12.1 Å². The smallest absolute Gasteiger partial charge is 0.408 e. The number of hydrogen-bond donors (Lipinski definition) is 2. The number of esters is 1. The van der Waals surface area contributed by atoms with Gasteiger partial charge in [-0.25, -0.2) is 9.59 Å². The first kappa shape index (κ1) is 27.0. The molecule has 0 radical (unpaired) electrons. The van der Waals surface area contributed by atoms with E-state index in [2.05, 4.69) is 5.32 Å². The van der Waals surface area contributed by atoms with Crippen LogP contribution in [0, 0.1) is 0 Å². The standard InChI is InChI=1S/C27H33NO9/c1-17(28-26(31)34-15-19-12-8-5-9-13-19)24(30)33-16-20(29)21-22(32-14-18-10-6-4-7-11-18)23-25(35-21)37-27(2,3)36-23/h4-13,17,20-23,25,29H,14-16H2,1-3H3,(H,28,31)/t17?,20-,21-,22+,23-,25-/m1/s1. The van der Waals surface area contributed by atoms with Crippen molar-refractivity contribution in [3.63, 3.8) is 0 Å². The molecule has 4 rings (SSSR count). The number of ether oxygens (including phenoxy) is 6. The summed E-state index contributed by atoms with van der Waals surface area (Å²) in [6.45, 7) is 4.98. The Bertz CT molecular complexity index is 1030. The quantitative estimate of drug-likeness (QED) is 0.460. The number of carbonyl (C=O) groups is 2. The van der Waals surface area contributed by atoms with E-state index in [-0.39, 0.29) is 19.8 Å². The van der Waals surface area contributed by atoms with Crippen LogP contribution in [-0.2, 0) is 46.4 Å². The third-order valence-electron chi connectivity index (χ3n) is 5.99. The monoisotopic (exact) mass is 515 g/mol. The lowest BCUT2D eigenvalue weighted by Crippen LogP contribution is -2.46. The lowest BCUT2D eigenvalue weighted by molar-refractivity contribution is -0.233. The second-order valence-electron chi connectivity index (χ2n) is 9.46. The molecule has 0 bridgehead atoms. The highest BCUT2D eigenvalue weighted by Gasteiger charge is 2.57. The van der Waals surface area contributed by atoms with Gasteiger partial charge in [-0.1, -0.05) is 60.7 Å². The highest BCUT2D eigenvalue weighted by atomic mass is 16.8. The van der Waals surface area contributed by atoms with Crippen LogP contribution >= 0.6 is 0 Å². The van der Waals surface area contributed by atoms with Crippen LogP contribution in [0.25, 0.3) is 0 Å². The number of nitrogens with one attached hydrogen (secondary N) is 1. The summed E-state index contributed by atoms with van der Waals surface area (Å²) in [4.78, 5) is 24.4. The molecule has 0 aliphatic carbocycles. The minimum absolute atomic E-state index is 0.0693. The zero-order valence-corrected chi connectivity index (χ0v) is 21.1. The van der Waals surface area contributed by atoms with Crippen molar-refractivity contribution in [1.29, 1.82) is 0 Å². The number of carbonyl (C=O) groups excluding carboxylic acids is 2. The molecule has 6 atom stereocenters. The lowest BCUT2D eigenvalue weighted by Gasteiger charge is -2.28. The lowest BCUT2D eigenvalue weighted by atomic mass is 10.1. The van der Waals surface area contributed by atoms with E-state index in [0.717, 1.165) is 11.1 Å². The fraction of sp³-hybridized carbons (Fsp3) is 0.481. The summed E-state index contributed by atoms with van der Waals surface area (Å²) in [5, 5.41) is 13.2. The van der Waals surface area contributed by atoms with Gasteiger partial charge in [0.2, 0.25) is 0 Å². The normalized spacial score (nSPS) is 25.6. The molecule has 37 heavy (non-hydrogen) atoms. The van der Waals surface area contributed by atoms with E-state index in [0.29, 0.717) is 0 Å². The molecule has 200 valence electrons. The molecule has 2 heterocycles. The van der Waals surface area contributed by atoms with Crippen LogP contribution in [0.3, 0.4) is 0 Å². The highest BCUT2D eigenvalue weighted by Crippen LogP contribution is 2.40. The van der Waals surface area contributed by atoms with Crippen LogP contribution in [0.15, 0.2) is 60.7 Å². The first-order valence-electron chi connectivity index (χ1n) is 12.2. The number of aliphatic hydroxyl groups is 1. The highest BCUT2D eigenvalue weighted by molar-refractivity contribution is 5.80. The van der Waals surface area contributed by atoms with Crippen LogP contribution in [0.2, 0.25) is 0 Å². The summed E-state index contributed by atoms with van der Waals surface area (Å²) >= 11 is 0. The Labute approximate surface area is 215 Å². The number of benzene rings is 2. The molecule has 0 saturated carbocycles. The van der Waals surface area contributed by atoms with E-state index >= 15 is 0 Å². The Morgan fingerprint density at radius 1 is 0.973 bits per heavy atom. The molecule has 10 nitrogen and oxygen atoms in total. The number of hydrogen-bond acceptors (Lipinski definition) is 9. The molecule has 2 N–H and O–H groups in total. The number of fused-ring (bicyclic) bond motifs is 1. The summed E-state index contributed by atoms with van der Waals surface area (Å²) in [5.74, 6) is -1.59. The van der Waals surface area contributed by atoms with E-state index in [4.69, 9.17) is 28.4 Å². The van der Waals surface area contributed by atoms with E-state index in [9.17, 15) is 14.7 Å². The minimum atomic E-state index is -1.22. The van der Waals surface area contributed by atoms with Gasteiger partial charge >= 0.3 is 12.1 Å². The molecule has 2 aliphatic rings. The van der Waals surface area contributed by atoms with Crippen LogP contribution < -0.4 is 5.32 Å². The average molecular weight is 516 g/mol. The Hall–Kier alpha value is -3.02. The molecule has 2 saturated heterocycles. The van der Waals surface area contributed by atoms with E-state index in [1.54, 1.807) is 13.8 Å². The maximum Gasteiger partial charge on any atom is 0.408 e. The third kappa shape index (κ3) is 7.27. The fourth-order valence-corrected chi connectivity index (χ4v) is 4.16. The summed E-state index contributed by atoms with van der Waals surface area (Å²) in [6, 6.07) is 17.7. The Morgan fingerprint density at radius 3 is 2.24 bits per heavy atom. The number of alkyl carbamates (subject to hydrolysis) is 1. The molecule has 0 spiro atoms. The van der Waals surface area contributed by atoms with Crippen LogP contribution in [0.1, 0.15) is 31.9 Å². The van der Waals surface area contributed by atoms with Gasteiger partial charge in [-0.2, -0.15) is 0 Å². The van der Waals surface area contributed by atoms with E-state index in [1.807, 2.05) is 60.7 Å². The van der Waals surface area contributed by atoms with Crippen molar-refractivity contribution < 1.29 is 43.1 Å². The van der Waals surface area contributed by atoms with E-state index in [1.165, 1.54) is 6.92 Å². The Kier molecular flexibility index (Phi) is 8.78. The Morgan fingerprint density at radius 2 is 1.59 bits per heavy atom. The predicted octanol–water partition coefficient (Wildman–Crippen LogP) is 2.67. The van der Waals surface area contributed by atoms with Crippen LogP contribution in [-0.4, -0.2) is 66.3 Å². The molecule has 10 heteroatoms. The molecule has 2 aromatic rings. The maximum absolute atomic E-state index is 12.4. The van der Waals surface area contributed by atoms with Crippen molar-refractivity contribution in [2.45, 2.75) is 76.5 Å². The molecular weight excluding hydrogens is 482 g/mol. The summed E-state index contributed by atoms with van der Waals surface area (Å²) in [5.41, 5.74) is 1.76. The first-order chi connectivity index (χ1) is 17.7. The van der Waals surface area contributed by atoms with Gasteiger partial charge in [-0.3, -0.25) is 0 Å². The van der Waals surface area contributed by atoms with Gasteiger partial charge < -0.3 is 38.8 Å². The molecule has 2 aromatic carbocycles. The van der Waals surface area contributed by atoms with Gasteiger partial charge in [-0.15, -0.1) is 0 Å². The fourth-order valence-electron chi connectivity index (χ4n) is 4.16. The van der Waals surface area contributed by atoms with Crippen molar-refractivity contribution in [2.75, 3.05) is 6.61 Å². The van der Waals surface area contributed by atoms with Gasteiger partial charge in [0.25, 0.3) is 0 Å². The second-order valence-corrected chi connectivity index (χ2v) is 9.46. The molecule has 2 fully saturated rings. The van der Waals surface area contributed by atoms with Crippen molar-refractivity contribution in [3.8, 4) is 0 Å². The van der Waals surface area contributed by atoms with Crippen LogP contribution in [0.5, 0.6) is 0 Å². The Balaban J connectivity index is 1.27. The van der Waals surface area contributed by atoms with Gasteiger partial charge in [0, 0.05) is 0 Å². The minimum Gasteiger partial charge on any atom is -0.461 e. The predicted molar refractivity (Wildman–Crippen MR) is 130 cm³/mol. The second kappa shape index (κ2) is 12.0. The summed E-state index contributed by atoms with van der Waals surface area (Å²) < 4.78 is 34.1. The van der Waals surface area contributed by atoms with Gasteiger partial charge in [-0.05, 0) is 31.9 Å². The number of amides is 1. The summed E-state index contributed by atoms with van der Waals surface area (Å²) in [6.07, 6.45) is -4.79. The molecular formula is C27H33NO9. The van der Waals surface area contributed by atoms with Gasteiger partial charge in [0.1, 0.15) is 43.7 Å². The van der Waals surface area contributed by atoms with Crippen molar-refractivity contribution in [3.05, 3.63) is 71.8 Å². The van der Waals surface area contributed by atoms with Crippen molar-refractivity contribution in [1.82, 2.24) is 5.32 Å². The third-order valence-corrected chi connectivity index (χ3v) is 5.99. The molecule has 0 aromatic heterocycles. The maximum atomic E-state index is 12.4. The number of aliphatic hydroxyl groups excluding tert-OH is 1. The number of rotatable bonds is 10. The van der Waals surface area contributed by atoms with Crippen LogP contribution in [0.4, 0.5) is 4.79 Å². The average Bonchev–Trinajstić information content (AvgIpc) is 3.37. The molecule has 1 unspecified atom stereocenters. The van der Waals surface area contributed by atoms with Crippen molar-refractivity contribution in [2.24, 2.45) is 0 Å². The largest absolute Gasteiger partial charge is 0.461 e. The van der Waals surface area contributed by atoms with Crippen molar-refractivity contribution >= 4 is 12.1 Å². The molecule has 1 amide bonds. The van der Waals surface area contributed by atoms with E-state index < -0.39 is 54.6 Å². The topological polar surface area (TPSA) is 122 Å². The zero-order valence-electron chi connectivity index (χ0n) is 21.1.